The molecule has 1 N–H and O–H groups in total. The van der Waals surface area contributed by atoms with E-state index >= 15 is 0 Å². The van der Waals surface area contributed by atoms with E-state index in [2.05, 4.69) is 34.1 Å². The standard InChI is InChI=1S/C17H21ClN6/c1-5-24(6-2)17-21-15(13-10-19-23(4)16(13)22-17)20-12-8-7-11(3)14(18)9-12/h7-10H,5-6H2,1-4H3,(H,20,21,22). The number of nitrogens with zero attached hydrogens (tertiary/aromatic N) is 5. The Morgan fingerprint density at radius 2 is 1.96 bits per heavy atom. The summed E-state index contributed by atoms with van der Waals surface area (Å²) in [6.45, 7) is 7.85. The van der Waals surface area contributed by atoms with Gasteiger partial charge in [0, 0.05) is 30.8 Å². The Bertz CT molecular complexity index is 869. The highest BCUT2D eigenvalue weighted by Gasteiger charge is 2.15. The molecule has 0 aliphatic carbocycles. The zero-order valence-corrected chi connectivity index (χ0v) is 15.1. The summed E-state index contributed by atoms with van der Waals surface area (Å²) in [7, 11) is 1.88. The van der Waals surface area contributed by atoms with E-state index in [0.717, 1.165) is 46.2 Å². The summed E-state index contributed by atoms with van der Waals surface area (Å²) in [5, 5.41) is 9.27. The van der Waals surface area contributed by atoms with E-state index in [-0.39, 0.29) is 0 Å². The number of benzene rings is 1. The molecule has 0 aliphatic rings. The smallest absolute Gasteiger partial charge is 0.229 e. The fraction of sp³-hybridized carbons (Fsp3) is 0.353. The number of hydrogen-bond donors (Lipinski definition) is 1. The normalized spacial score (nSPS) is 11.0. The second-order valence-electron chi connectivity index (χ2n) is 5.64. The molecular formula is C17H21ClN6. The molecule has 0 fully saturated rings. The monoisotopic (exact) mass is 344 g/mol. The average Bonchev–Trinajstić information content (AvgIpc) is 2.94. The van der Waals surface area contributed by atoms with Crippen LogP contribution in [0.5, 0.6) is 0 Å². The van der Waals surface area contributed by atoms with Crippen molar-refractivity contribution in [2.24, 2.45) is 7.05 Å². The topological polar surface area (TPSA) is 58.9 Å². The predicted octanol–water partition coefficient (Wildman–Crippen LogP) is 3.91. The van der Waals surface area contributed by atoms with Gasteiger partial charge in [-0.15, -0.1) is 0 Å². The largest absolute Gasteiger partial charge is 0.341 e. The quantitative estimate of drug-likeness (QED) is 0.760. The lowest BCUT2D eigenvalue weighted by Crippen LogP contribution is -2.24. The van der Waals surface area contributed by atoms with Crippen LogP contribution in [-0.2, 0) is 7.05 Å². The van der Waals surface area contributed by atoms with Crippen LogP contribution >= 0.6 is 11.6 Å². The SMILES string of the molecule is CCN(CC)c1nc(Nc2ccc(C)c(Cl)c2)c2cnn(C)c2n1. The minimum atomic E-state index is 0.691. The van der Waals surface area contributed by atoms with Gasteiger partial charge in [-0.3, -0.25) is 4.68 Å². The van der Waals surface area contributed by atoms with E-state index in [1.54, 1.807) is 10.9 Å². The first-order valence-corrected chi connectivity index (χ1v) is 8.39. The number of aromatic nitrogens is 4. The van der Waals surface area contributed by atoms with Gasteiger partial charge in [0.15, 0.2) is 5.65 Å². The minimum absolute atomic E-state index is 0.691. The van der Waals surface area contributed by atoms with Gasteiger partial charge in [0.05, 0.1) is 11.6 Å². The maximum atomic E-state index is 6.23. The Kier molecular flexibility index (Phi) is 4.57. The third kappa shape index (κ3) is 3.01. The molecule has 6 nitrogen and oxygen atoms in total. The molecule has 126 valence electrons. The molecule has 0 saturated heterocycles. The molecule has 0 saturated carbocycles. The molecule has 7 heteroatoms. The molecule has 0 atom stereocenters. The van der Waals surface area contributed by atoms with Crippen LogP contribution < -0.4 is 10.2 Å². The predicted molar refractivity (Wildman–Crippen MR) is 99.3 cm³/mol. The summed E-state index contributed by atoms with van der Waals surface area (Å²) in [6, 6.07) is 5.87. The van der Waals surface area contributed by atoms with Crippen LogP contribution in [0, 0.1) is 6.92 Å². The van der Waals surface area contributed by atoms with E-state index in [1.165, 1.54) is 0 Å². The van der Waals surface area contributed by atoms with Crippen molar-refractivity contribution in [2.75, 3.05) is 23.3 Å². The second kappa shape index (κ2) is 6.65. The van der Waals surface area contributed by atoms with E-state index in [4.69, 9.17) is 16.6 Å². The molecular weight excluding hydrogens is 324 g/mol. The highest BCUT2D eigenvalue weighted by atomic mass is 35.5. The van der Waals surface area contributed by atoms with Crippen molar-refractivity contribution in [3.05, 3.63) is 35.0 Å². The van der Waals surface area contributed by atoms with Gasteiger partial charge in [0.2, 0.25) is 5.95 Å². The zero-order valence-electron chi connectivity index (χ0n) is 14.3. The third-order valence-corrected chi connectivity index (χ3v) is 4.47. The summed E-state index contributed by atoms with van der Waals surface area (Å²) in [5.74, 6) is 1.42. The molecule has 2 aromatic heterocycles. The summed E-state index contributed by atoms with van der Waals surface area (Å²) in [4.78, 5) is 11.5. The maximum absolute atomic E-state index is 6.23. The fourth-order valence-corrected chi connectivity index (χ4v) is 2.74. The lowest BCUT2D eigenvalue weighted by molar-refractivity contribution is 0.776. The van der Waals surface area contributed by atoms with Gasteiger partial charge in [-0.05, 0) is 38.5 Å². The summed E-state index contributed by atoms with van der Waals surface area (Å²) in [6.07, 6.45) is 1.78. The van der Waals surface area contributed by atoms with Crippen LogP contribution in [0.4, 0.5) is 17.5 Å². The Labute approximate surface area is 146 Å². The lowest BCUT2D eigenvalue weighted by Gasteiger charge is -2.19. The summed E-state index contributed by atoms with van der Waals surface area (Å²) in [5.41, 5.74) is 2.73. The van der Waals surface area contributed by atoms with Crippen molar-refractivity contribution in [3.8, 4) is 0 Å². The molecule has 0 radical (unpaired) electrons. The number of fused-ring (bicyclic) bond motifs is 1. The lowest BCUT2D eigenvalue weighted by atomic mass is 10.2. The molecule has 0 unspecified atom stereocenters. The Hall–Kier alpha value is -2.34. The highest BCUT2D eigenvalue weighted by Crippen LogP contribution is 2.28. The Balaban J connectivity index is 2.09. The van der Waals surface area contributed by atoms with Gasteiger partial charge >= 0.3 is 0 Å². The van der Waals surface area contributed by atoms with Gasteiger partial charge in [0.1, 0.15) is 5.82 Å². The second-order valence-corrected chi connectivity index (χ2v) is 6.05. The van der Waals surface area contributed by atoms with Gasteiger partial charge in [0.25, 0.3) is 0 Å². The molecule has 1 aromatic carbocycles. The van der Waals surface area contributed by atoms with Crippen molar-refractivity contribution in [1.29, 1.82) is 0 Å². The van der Waals surface area contributed by atoms with E-state index in [9.17, 15) is 0 Å². The number of anilines is 3. The van der Waals surface area contributed by atoms with Gasteiger partial charge in [-0.1, -0.05) is 17.7 Å². The van der Waals surface area contributed by atoms with Crippen LogP contribution in [0.25, 0.3) is 11.0 Å². The molecule has 2 heterocycles. The highest BCUT2D eigenvalue weighted by molar-refractivity contribution is 6.31. The number of rotatable bonds is 5. The number of hydrogen-bond acceptors (Lipinski definition) is 5. The van der Waals surface area contributed by atoms with Crippen LogP contribution in [0.2, 0.25) is 5.02 Å². The van der Waals surface area contributed by atoms with Gasteiger partial charge in [-0.2, -0.15) is 15.1 Å². The van der Waals surface area contributed by atoms with Crippen LogP contribution in [0.3, 0.4) is 0 Å². The van der Waals surface area contributed by atoms with Crippen molar-refractivity contribution in [1.82, 2.24) is 19.7 Å². The molecule has 0 bridgehead atoms. The van der Waals surface area contributed by atoms with Crippen molar-refractivity contribution >= 4 is 40.1 Å². The Morgan fingerprint density at radius 3 is 2.62 bits per heavy atom. The summed E-state index contributed by atoms with van der Waals surface area (Å²) < 4.78 is 1.76. The van der Waals surface area contributed by atoms with Crippen molar-refractivity contribution in [3.63, 3.8) is 0 Å². The molecule has 0 spiro atoms. The van der Waals surface area contributed by atoms with E-state index < -0.39 is 0 Å². The van der Waals surface area contributed by atoms with Crippen molar-refractivity contribution < 1.29 is 0 Å². The molecule has 0 amide bonds. The van der Waals surface area contributed by atoms with Crippen LogP contribution in [0.1, 0.15) is 19.4 Å². The summed E-state index contributed by atoms with van der Waals surface area (Å²) >= 11 is 6.23. The molecule has 3 rings (SSSR count). The van der Waals surface area contributed by atoms with Crippen molar-refractivity contribution in [2.45, 2.75) is 20.8 Å². The molecule has 0 aliphatic heterocycles. The average molecular weight is 345 g/mol. The first-order chi connectivity index (χ1) is 11.5. The Morgan fingerprint density at radius 1 is 1.21 bits per heavy atom. The van der Waals surface area contributed by atoms with E-state index in [0.29, 0.717) is 5.95 Å². The fourth-order valence-electron chi connectivity index (χ4n) is 2.56. The molecule has 3 aromatic rings. The third-order valence-electron chi connectivity index (χ3n) is 4.06. The minimum Gasteiger partial charge on any atom is -0.341 e. The van der Waals surface area contributed by atoms with Gasteiger partial charge in [-0.25, -0.2) is 0 Å². The van der Waals surface area contributed by atoms with Gasteiger partial charge < -0.3 is 10.2 Å². The number of halogens is 1. The first-order valence-electron chi connectivity index (χ1n) is 8.01. The first kappa shape index (κ1) is 16.5. The maximum Gasteiger partial charge on any atom is 0.229 e. The molecule has 24 heavy (non-hydrogen) atoms. The number of aryl methyl sites for hydroxylation is 2. The zero-order chi connectivity index (χ0) is 17.3. The van der Waals surface area contributed by atoms with E-state index in [1.807, 2.05) is 32.2 Å². The van der Waals surface area contributed by atoms with Crippen LogP contribution in [-0.4, -0.2) is 32.8 Å². The van der Waals surface area contributed by atoms with Crippen LogP contribution in [0.15, 0.2) is 24.4 Å². The number of nitrogens with one attached hydrogen (secondary N) is 1.